The van der Waals surface area contributed by atoms with Gasteiger partial charge in [0.1, 0.15) is 12.5 Å². The van der Waals surface area contributed by atoms with Crippen LogP contribution >= 0.6 is 0 Å². The average molecular weight is 514 g/mol. The number of nitrogens with one attached hydrogen (secondary N) is 2. The van der Waals surface area contributed by atoms with Crippen LogP contribution in [0.1, 0.15) is 69.8 Å². The third-order valence-electron chi connectivity index (χ3n) is 8.68. The molecule has 0 aliphatic heterocycles. The van der Waals surface area contributed by atoms with Crippen LogP contribution in [0.2, 0.25) is 0 Å². The topological polar surface area (TPSA) is 100 Å². The molecule has 4 saturated carbocycles. The van der Waals surface area contributed by atoms with Gasteiger partial charge in [0.15, 0.2) is 0 Å². The Kier molecular flexibility index (Phi) is 6.46. The molecule has 7 nitrogen and oxygen atoms in total. The molecule has 0 radical (unpaired) electrons. The SMILES string of the molecule is Cc1cc(NC(=O)c2c(C)c(C(=O)C(=O)NC3C4CC5CC3CC(O)(C5)C4)n(CCF)c2C)ccc1F. The van der Waals surface area contributed by atoms with Crippen molar-refractivity contribution in [2.45, 2.75) is 71.1 Å². The van der Waals surface area contributed by atoms with E-state index in [1.54, 1.807) is 20.8 Å². The molecule has 2 amide bonds. The number of benzene rings is 1. The molecular weight excluding hydrogens is 480 g/mol. The lowest BCUT2D eigenvalue weighted by Gasteiger charge is -2.58. The second-order valence-electron chi connectivity index (χ2n) is 11.2. The molecule has 2 aromatic rings. The van der Waals surface area contributed by atoms with Gasteiger partial charge in [0.25, 0.3) is 17.6 Å². The van der Waals surface area contributed by atoms with Crippen molar-refractivity contribution in [1.82, 2.24) is 9.88 Å². The van der Waals surface area contributed by atoms with Crippen LogP contribution < -0.4 is 10.6 Å². The van der Waals surface area contributed by atoms with Crippen molar-refractivity contribution in [3.05, 3.63) is 52.1 Å². The van der Waals surface area contributed by atoms with Gasteiger partial charge in [0.2, 0.25) is 0 Å². The first-order chi connectivity index (χ1) is 17.5. The number of nitrogens with zero attached hydrogens (tertiary/aromatic N) is 1. The first-order valence-electron chi connectivity index (χ1n) is 12.9. The molecule has 37 heavy (non-hydrogen) atoms. The summed E-state index contributed by atoms with van der Waals surface area (Å²) >= 11 is 0. The molecule has 0 saturated heterocycles. The van der Waals surface area contributed by atoms with Gasteiger partial charge in [-0.3, -0.25) is 14.4 Å². The molecule has 198 valence electrons. The number of aromatic nitrogens is 1. The molecule has 9 heteroatoms. The van der Waals surface area contributed by atoms with Crippen LogP contribution in [0.5, 0.6) is 0 Å². The van der Waals surface area contributed by atoms with E-state index in [0.29, 0.717) is 41.3 Å². The van der Waals surface area contributed by atoms with Crippen molar-refractivity contribution in [3.63, 3.8) is 0 Å². The molecule has 4 aliphatic rings. The van der Waals surface area contributed by atoms with Crippen LogP contribution in [0.15, 0.2) is 18.2 Å². The Labute approximate surface area is 214 Å². The summed E-state index contributed by atoms with van der Waals surface area (Å²) < 4.78 is 28.5. The van der Waals surface area contributed by atoms with Gasteiger partial charge in [-0.05, 0) is 100.0 Å². The van der Waals surface area contributed by atoms with E-state index in [2.05, 4.69) is 10.6 Å². The summed E-state index contributed by atoms with van der Waals surface area (Å²) in [4.78, 5) is 39.8. The summed E-state index contributed by atoms with van der Waals surface area (Å²) in [5, 5.41) is 16.5. The number of hydrogen-bond donors (Lipinski definition) is 3. The highest BCUT2D eigenvalue weighted by molar-refractivity contribution is 6.43. The zero-order valence-electron chi connectivity index (χ0n) is 21.4. The number of carbonyl (C=O) groups is 3. The Morgan fingerprint density at radius 3 is 2.38 bits per heavy atom. The molecule has 2 atom stereocenters. The number of aliphatic hydroxyl groups is 1. The summed E-state index contributed by atoms with van der Waals surface area (Å²) in [6.45, 7) is 3.82. The van der Waals surface area contributed by atoms with E-state index < -0.39 is 35.7 Å². The van der Waals surface area contributed by atoms with Crippen molar-refractivity contribution >= 4 is 23.3 Å². The Hall–Kier alpha value is -3.07. The zero-order chi connectivity index (χ0) is 26.6. The number of Topliss-reactive ketones (excluding diaryl/α,β-unsaturated/α-hetero) is 1. The highest BCUT2D eigenvalue weighted by atomic mass is 19.1. The molecular formula is C28H33F2N3O4. The predicted octanol–water partition coefficient (Wildman–Crippen LogP) is 4.01. The lowest BCUT2D eigenvalue weighted by molar-refractivity contribution is -0.144. The lowest BCUT2D eigenvalue weighted by atomic mass is 9.52. The van der Waals surface area contributed by atoms with Crippen LogP contribution in [0.4, 0.5) is 14.5 Å². The number of ketones is 1. The lowest BCUT2D eigenvalue weighted by Crippen LogP contribution is -2.62. The van der Waals surface area contributed by atoms with Crippen molar-refractivity contribution in [2.24, 2.45) is 17.8 Å². The second kappa shape index (κ2) is 9.35. The summed E-state index contributed by atoms with van der Waals surface area (Å²) in [6.07, 6.45) is 3.94. The Bertz CT molecular complexity index is 1270. The van der Waals surface area contributed by atoms with Crippen LogP contribution in [-0.2, 0) is 11.3 Å². The maximum absolute atomic E-state index is 13.6. The fourth-order valence-electron chi connectivity index (χ4n) is 7.34. The van der Waals surface area contributed by atoms with Crippen LogP contribution in [0.25, 0.3) is 0 Å². The second-order valence-corrected chi connectivity index (χ2v) is 11.2. The molecule has 3 N–H and O–H groups in total. The van der Waals surface area contributed by atoms with Crippen LogP contribution in [-0.4, -0.2) is 45.6 Å². The minimum Gasteiger partial charge on any atom is -0.390 e. The van der Waals surface area contributed by atoms with Gasteiger partial charge in [-0.25, -0.2) is 8.78 Å². The molecule has 4 bridgehead atoms. The van der Waals surface area contributed by atoms with Crippen molar-refractivity contribution in [1.29, 1.82) is 0 Å². The summed E-state index contributed by atoms with van der Waals surface area (Å²) in [6, 6.07) is 4.01. The predicted molar refractivity (Wildman–Crippen MR) is 134 cm³/mol. The molecule has 4 aliphatic carbocycles. The van der Waals surface area contributed by atoms with Gasteiger partial charge >= 0.3 is 0 Å². The quantitative estimate of drug-likeness (QED) is 0.385. The smallest absolute Gasteiger partial charge is 0.294 e. The Morgan fingerprint density at radius 2 is 1.78 bits per heavy atom. The van der Waals surface area contributed by atoms with Gasteiger partial charge in [0.05, 0.1) is 23.4 Å². The van der Waals surface area contributed by atoms with E-state index in [-0.39, 0.29) is 35.7 Å². The van der Waals surface area contributed by atoms with Crippen LogP contribution in [0.3, 0.4) is 0 Å². The van der Waals surface area contributed by atoms with E-state index in [0.717, 1.165) is 19.3 Å². The minimum atomic E-state index is -0.807. The van der Waals surface area contributed by atoms with Crippen molar-refractivity contribution in [2.75, 3.05) is 12.0 Å². The maximum atomic E-state index is 13.6. The number of rotatable bonds is 7. The largest absolute Gasteiger partial charge is 0.390 e. The van der Waals surface area contributed by atoms with Gasteiger partial charge in [-0.1, -0.05) is 0 Å². The molecule has 2 unspecified atom stereocenters. The van der Waals surface area contributed by atoms with E-state index in [9.17, 15) is 28.3 Å². The number of anilines is 1. The molecule has 4 fully saturated rings. The van der Waals surface area contributed by atoms with Crippen molar-refractivity contribution in [3.8, 4) is 0 Å². The highest BCUT2D eigenvalue weighted by Crippen LogP contribution is 2.55. The normalized spacial score (nSPS) is 27.8. The number of amides is 2. The van der Waals surface area contributed by atoms with E-state index >= 15 is 0 Å². The zero-order valence-corrected chi connectivity index (χ0v) is 21.4. The fraction of sp³-hybridized carbons (Fsp3) is 0.536. The molecule has 1 aromatic carbocycles. The van der Waals surface area contributed by atoms with E-state index in [1.807, 2.05) is 0 Å². The molecule has 1 heterocycles. The number of carbonyl (C=O) groups excluding carboxylic acids is 3. The standard InChI is InChI=1S/C28H33F2N3O4/c1-14-8-20(4-5-21(14)30)31-26(35)22-15(2)24(33(7-6-29)16(22)3)25(34)27(36)32-23-18-9-17-10-19(23)13-28(37,11-17)12-18/h4-5,8,17-19,23,37H,6-7,9-13H2,1-3H3,(H,31,35)(H,32,36). The van der Waals surface area contributed by atoms with Gasteiger partial charge in [0, 0.05) is 17.4 Å². The van der Waals surface area contributed by atoms with E-state index in [4.69, 9.17) is 0 Å². The van der Waals surface area contributed by atoms with Crippen molar-refractivity contribution < 1.29 is 28.3 Å². The summed E-state index contributed by atoms with van der Waals surface area (Å²) in [5.74, 6) is -1.77. The average Bonchev–Trinajstić information content (AvgIpc) is 3.06. The maximum Gasteiger partial charge on any atom is 0.294 e. The van der Waals surface area contributed by atoms with E-state index in [1.165, 1.54) is 22.8 Å². The summed E-state index contributed by atoms with van der Waals surface area (Å²) in [5.41, 5.74) is 0.942. The molecule has 6 rings (SSSR count). The number of hydrogen-bond acceptors (Lipinski definition) is 4. The Morgan fingerprint density at radius 1 is 1.11 bits per heavy atom. The molecule has 1 aromatic heterocycles. The fourth-order valence-corrected chi connectivity index (χ4v) is 7.34. The Balaban J connectivity index is 1.39. The van der Waals surface area contributed by atoms with Gasteiger partial charge < -0.3 is 20.3 Å². The summed E-state index contributed by atoms with van der Waals surface area (Å²) in [7, 11) is 0. The molecule has 0 spiro atoms. The monoisotopic (exact) mass is 513 g/mol. The van der Waals surface area contributed by atoms with Gasteiger partial charge in [-0.15, -0.1) is 0 Å². The van der Waals surface area contributed by atoms with Gasteiger partial charge in [-0.2, -0.15) is 0 Å². The first-order valence-corrected chi connectivity index (χ1v) is 12.9. The number of alkyl halides is 1. The first kappa shape index (κ1) is 25.6. The third-order valence-corrected chi connectivity index (χ3v) is 8.68. The minimum absolute atomic E-state index is 0.00414. The highest BCUT2D eigenvalue weighted by Gasteiger charge is 2.55. The number of halogens is 2. The van der Waals surface area contributed by atoms with Crippen LogP contribution in [0, 0.1) is 44.3 Å². The third kappa shape index (κ3) is 4.47. The number of aryl methyl sites for hydroxylation is 1.